The number of rotatable bonds is 16. The van der Waals surface area contributed by atoms with Crippen LogP contribution in [-0.4, -0.2) is 81.1 Å². The number of nitrogens with one attached hydrogen (secondary N) is 4. The van der Waals surface area contributed by atoms with Crippen LogP contribution in [-0.2, 0) is 35.2 Å². The third-order valence-electron chi connectivity index (χ3n) is 7.75. The van der Waals surface area contributed by atoms with Crippen molar-refractivity contribution in [2.24, 2.45) is 5.92 Å². The molecule has 15 nitrogen and oxygen atoms in total. The Morgan fingerprint density at radius 3 is 2.17 bits per heavy atom. The topological polar surface area (TPSA) is 217 Å². The number of carboxylic acids is 1. The van der Waals surface area contributed by atoms with E-state index in [-0.39, 0.29) is 43.8 Å². The van der Waals surface area contributed by atoms with Crippen molar-refractivity contribution in [1.29, 1.82) is 0 Å². The lowest BCUT2D eigenvalue weighted by molar-refractivity contribution is -0.384. The molecule has 5 N–H and O–H groups in total. The average Bonchev–Trinajstić information content (AvgIpc) is 3.53. The predicted octanol–water partition coefficient (Wildman–Crippen LogP) is 2.15. The smallest absolute Gasteiger partial charge is 0.303 e. The molecule has 3 rings (SSSR count). The Balaban J connectivity index is 1.73. The lowest BCUT2D eigenvalue weighted by atomic mass is 10.0. The summed E-state index contributed by atoms with van der Waals surface area (Å²) in [5, 5.41) is 30.5. The number of carbonyl (C=O) groups is 6. The maximum atomic E-state index is 13.7. The van der Waals surface area contributed by atoms with E-state index in [4.69, 9.17) is 5.11 Å². The number of nitrogens with zero attached hydrogens (tertiary/aromatic N) is 2. The molecule has 1 heterocycles. The Hall–Kier alpha value is -5.34. The van der Waals surface area contributed by atoms with Crippen LogP contribution in [0.25, 0.3) is 0 Å². The summed E-state index contributed by atoms with van der Waals surface area (Å²) in [7, 11) is 0. The molecule has 1 aliphatic heterocycles. The molecule has 1 saturated heterocycles. The van der Waals surface area contributed by atoms with Crippen LogP contribution in [0.1, 0.15) is 58.4 Å². The van der Waals surface area contributed by atoms with E-state index in [1.807, 2.05) is 19.9 Å². The molecule has 5 amide bonds. The average molecular weight is 667 g/mol. The molecule has 4 atom stereocenters. The van der Waals surface area contributed by atoms with Crippen LogP contribution in [0.3, 0.4) is 0 Å². The standard InChI is InChI=1S/C33H42N6O9/c1-20(2)18-25(37-32(45)27-10-7-17-38(27)33(46)21(3)34-28(40)15-16-29(41)42)31(44)36-26(19-22-8-5-4-6-9-22)30(43)35-23-11-13-24(14-12-23)39(47)48/h4-6,8-9,11-14,20-21,25-27H,7,10,15-19H2,1-3H3,(H,34,40)(H,35,43)(H,36,44)(H,37,45)(H,41,42)/t21-,25-,26-,27-/m0/s1. The fraction of sp³-hybridized carbons (Fsp3) is 0.455. The molecule has 1 fully saturated rings. The zero-order chi connectivity index (χ0) is 35.4. The summed E-state index contributed by atoms with van der Waals surface area (Å²) in [6.45, 7) is 5.46. The summed E-state index contributed by atoms with van der Waals surface area (Å²) in [6.07, 6.45) is 0.533. The van der Waals surface area contributed by atoms with Gasteiger partial charge in [0, 0.05) is 37.2 Å². The highest BCUT2D eigenvalue weighted by molar-refractivity contribution is 5.99. The third-order valence-corrected chi connectivity index (χ3v) is 7.75. The Bertz CT molecular complexity index is 1480. The SMILES string of the molecule is CC(C)C[C@H](NC(=O)[C@@H]1CCCN1C(=O)[C@H](C)NC(=O)CCC(=O)O)C(=O)N[C@@H](Cc1ccccc1)C(=O)Nc1ccc([N+](=O)[O-])cc1. The van der Waals surface area contributed by atoms with Crippen LogP contribution >= 0.6 is 0 Å². The lowest BCUT2D eigenvalue weighted by Crippen LogP contribution is -2.57. The minimum Gasteiger partial charge on any atom is -0.481 e. The zero-order valence-corrected chi connectivity index (χ0v) is 27.1. The first kappa shape index (κ1) is 37.1. The molecule has 0 aliphatic carbocycles. The zero-order valence-electron chi connectivity index (χ0n) is 27.1. The van der Waals surface area contributed by atoms with Crippen molar-refractivity contribution < 1.29 is 38.8 Å². The van der Waals surface area contributed by atoms with Crippen LogP contribution in [0.15, 0.2) is 54.6 Å². The summed E-state index contributed by atoms with van der Waals surface area (Å²) in [4.78, 5) is 88.5. The lowest BCUT2D eigenvalue weighted by Gasteiger charge is -2.29. The second-order valence-corrected chi connectivity index (χ2v) is 12.1. The molecule has 0 aromatic heterocycles. The maximum absolute atomic E-state index is 13.7. The van der Waals surface area contributed by atoms with Gasteiger partial charge in [-0.05, 0) is 49.8 Å². The molecule has 0 radical (unpaired) electrons. The van der Waals surface area contributed by atoms with Crippen molar-refractivity contribution in [2.45, 2.75) is 83.5 Å². The quantitative estimate of drug-likeness (QED) is 0.131. The highest BCUT2D eigenvalue weighted by Gasteiger charge is 2.38. The molecule has 258 valence electrons. The van der Waals surface area contributed by atoms with E-state index in [9.17, 15) is 38.9 Å². The molecule has 0 unspecified atom stereocenters. The van der Waals surface area contributed by atoms with E-state index < -0.39 is 64.6 Å². The van der Waals surface area contributed by atoms with Crippen LogP contribution < -0.4 is 21.3 Å². The maximum Gasteiger partial charge on any atom is 0.303 e. The number of carboxylic acid groups (broad SMARTS) is 1. The van der Waals surface area contributed by atoms with Crippen LogP contribution in [0.2, 0.25) is 0 Å². The summed E-state index contributed by atoms with van der Waals surface area (Å²) in [5.74, 6) is -4.01. The van der Waals surface area contributed by atoms with Gasteiger partial charge < -0.3 is 31.3 Å². The van der Waals surface area contributed by atoms with E-state index in [0.29, 0.717) is 18.5 Å². The first-order valence-corrected chi connectivity index (χ1v) is 15.8. The number of anilines is 1. The Morgan fingerprint density at radius 1 is 0.896 bits per heavy atom. The van der Waals surface area contributed by atoms with Gasteiger partial charge in [0.2, 0.25) is 29.5 Å². The van der Waals surface area contributed by atoms with Gasteiger partial charge in [0.15, 0.2) is 0 Å². The van der Waals surface area contributed by atoms with Crippen molar-refractivity contribution in [2.75, 3.05) is 11.9 Å². The second-order valence-electron chi connectivity index (χ2n) is 12.1. The van der Waals surface area contributed by atoms with Crippen molar-refractivity contribution >= 4 is 46.9 Å². The van der Waals surface area contributed by atoms with Crippen LogP contribution in [0.4, 0.5) is 11.4 Å². The van der Waals surface area contributed by atoms with Gasteiger partial charge in [0.25, 0.3) is 5.69 Å². The number of nitro groups is 1. The molecule has 15 heteroatoms. The molecule has 1 aliphatic rings. The van der Waals surface area contributed by atoms with E-state index >= 15 is 0 Å². The van der Waals surface area contributed by atoms with Gasteiger partial charge in [-0.25, -0.2) is 0 Å². The van der Waals surface area contributed by atoms with Gasteiger partial charge >= 0.3 is 5.97 Å². The van der Waals surface area contributed by atoms with Crippen molar-refractivity contribution in [3.8, 4) is 0 Å². The molecule has 0 spiro atoms. The van der Waals surface area contributed by atoms with Crippen molar-refractivity contribution in [1.82, 2.24) is 20.9 Å². The predicted molar refractivity (Wildman–Crippen MR) is 174 cm³/mol. The number of hydrogen-bond acceptors (Lipinski definition) is 8. The van der Waals surface area contributed by atoms with E-state index in [0.717, 1.165) is 5.56 Å². The summed E-state index contributed by atoms with van der Waals surface area (Å²) in [6, 6.07) is 10.2. The van der Waals surface area contributed by atoms with Gasteiger partial charge in [0.05, 0.1) is 11.3 Å². The number of non-ortho nitro benzene ring substituents is 1. The first-order chi connectivity index (χ1) is 22.7. The second kappa shape index (κ2) is 17.5. The fourth-order valence-electron chi connectivity index (χ4n) is 5.35. The van der Waals surface area contributed by atoms with Gasteiger partial charge in [-0.1, -0.05) is 44.2 Å². The fourth-order valence-corrected chi connectivity index (χ4v) is 5.35. The minimum atomic E-state index is -1.14. The van der Waals surface area contributed by atoms with E-state index in [1.54, 1.807) is 24.3 Å². The van der Waals surface area contributed by atoms with E-state index in [2.05, 4.69) is 21.3 Å². The van der Waals surface area contributed by atoms with Crippen molar-refractivity contribution in [3.63, 3.8) is 0 Å². The number of nitro benzene ring substituents is 1. The molecule has 0 bridgehead atoms. The Morgan fingerprint density at radius 2 is 1.56 bits per heavy atom. The molecular formula is C33H42N6O9. The summed E-state index contributed by atoms with van der Waals surface area (Å²) in [5.41, 5.74) is 0.908. The van der Waals surface area contributed by atoms with Crippen molar-refractivity contribution in [3.05, 3.63) is 70.3 Å². The Kier molecular flexibility index (Phi) is 13.6. The molecular weight excluding hydrogens is 624 g/mol. The largest absolute Gasteiger partial charge is 0.481 e. The number of benzene rings is 2. The van der Waals surface area contributed by atoms with E-state index in [1.165, 1.54) is 36.1 Å². The number of aliphatic carboxylic acids is 1. The monoisotopic (exact) mass is 666 g/mol. The normalized spacial score (nSPS) is 15.9. The van der Waals surface area contributed by atoms with Gasteiger partial charge in [-0.3, -0.25) is 38.9 Å². The third kappa shape index (κ3) is 11.2. The highest BCUT2D eigenvalue weighted by Crippen LogP contribution is 2.20. The van der Waals surface area contributed by atoms with Gasteiger partial charge in [-0.2, -0.15) is 0 Å². The number of amides is 5. The highest BCUT2D eigenvalue weighted by atomic mass is 16.6. The first-order valence-electron chi connectivity index (χ1n) is 15.8. The number of carbonyl (C=O) groups excluding carboxylic acids is 5. The molecule has 2 aromatic carbocycles. The minimum absolute atomic E-state index is 0.0371. The molecule has 48 heavy (non-hydrogen) atoms. The number of likely N-dealkylation sites (tertiary alicyclic amines) is 1. The van der Waals surface area contributed by atoms with Gasteiger partial charge in [-0.15, -0.1) is 0 Å². The number of hydrogen-bond donors (Lipinski definition) is 5. The van der Waals surface area contributed by atoms with Crippen LogP contribution in [0, 0.1) is 16.0 Å². The Labute approximate surface area is 278 Å². The molecule has 0 saturated carbocycles. The van der Waals surface area contributed by atoms with Crippen LogP contribution in [0.5, 0.6) is 0 Å². The summed E-state index contributed by atoms with van der Waals surface area (Å²) < 4.78 is 0. The van der Waals surface area contributed by atoms with Gasteiger partial charge in [0.1, 0.15) is 24.2 Å². The summed E-state index contributed by atoms with van der Waals surface area (Å²) >= 11 is 0. The molecule has 2 aromatic rings.